The molecule has 0 saturated carbocycles. The third kappa shape index (κ3) is 2.73. The van der Waals surface area contributed by atoms with Crippen LogP contribution in [-0.2, 0) is 6.42 Å². The van der Waals surface area contributed by atoms with Gasteiger partial charge in [-0.25, -0.2) is 9.97 Å². The van der Waals surface area contributed by atoms with Crippen LogP contribution < -0.4 is 5.73 Å². The number of pyridine rings is 1. The molecule has 0 amide bonds. The Morgan fingerprint density at radius 3 is 3.00 bits per heavy atom. The van der Waals surface area contributed by atoms with E-state index in [0.29, 0.717) is 0 Å². The summed E-state index contributed by atoms with van der Waals surface area (Å²) in [6.45, 7) is 0.793. The van der Waals surface area contributed by atoms with Crippen molar-refractivity contribution in [2.75, 3.05) is 6.54 Å². The molecule has 0 aliphatic heterocycles. The maximum Gasteiger partial charge on any atom is 0.143 e. The lowest BCUT2D eigenvalue weighted by atomic mass is 10.2. The molecule has 0 atom stereocenters. The quantitative estimate of drug-likeness (QED) is 0.789. The number of hydrogen-bond acceptors (Lipinski definition) is 4. The van der Waals surface area contributed by atoms with Crippen LogP contribution in [0.15, 0.2) is 18.3 Å². The average Bonchev–Trinajstić information content (AvgIpc) is 2.67. The van der Waals surface area contributed by atoms with Gasteiger partial charge in [0.05, 0.1) is 5.01 Å². The third-order valence-corrected chi connectivity index (χ3v) is 3.34. The fourth-order valence-corrected chi connectivity index (χ4v) is 2.46. The monoisotopic (exact) mass is 221 g/mol. The van der Waals surface area contributed by atoms with Crippen molar-refractivity contribution >= 4 is 21.7 Å². The second-order valence-electron chi connectivity index (χ2n) is 3.53. The normalized spacial score (nSPS) is 11.0. The number of aromatic nitrogens is 2. The Balaban J connectivity index is 1.97. The first-order valence-corrected chi connectivity index (χ1v) is 6.12. The van der Waals surface area contributed by atoms with Crippen LogP contribution in [0.2, 0.25) is 0 Å². The predicted molar refractivity (Wildman–Crippen MR) is 64.0 cm³/mol. The highest BCUT2D eigenvalue weighted by atomic mass is 32.1. The van der Waals surface area contributed by atoms with Gasteiger partial charge in [-0.3, -0.25) is 0 Å². The smallest absolute Gasteiger partial charge is 0.143 e. The van der Waals surface area contributed by atoms with Crippen LogP contribution in [0.3, 0.4) is 0 Å². The molecule has 0 radical (unpaired) electrons. The van der Waals surface area contributed by atoms with E-state index < -0.39 is 0 Å². The Morgan fingerprint density at radius 1 is 1.27 bits per heavy atom. The fourth-order valence-electron chi connectivity index (χ4n) is 1.52. The number of hydrogen-bond donors (Lipinski definition) is 1. The van der Waals surface area contributed by atoms with E-state index >= 15 is 0 Å². The highest BCUT2D eigenvalue weighted by Crippen LogP contribution is 2.20. The van der Waals surface area contributed by atoms with Gasteiger partial charge in [-0.15, -0.1) is 0 Å². The molecule has 2 aromatic heterocycles. The number of fused-ring (bicyclic) bond motifs is 1. The number of nitrogens with zero attached hydrogens (tertiary/aromatic N) is 2. The molecule has 0 aromatic carbocycles. The molecule has 0 aliphatic carbocycles. The molecule has 0 bridgehead atoms. The van der Waals surface area contributed by atoms with Gasteiger partial charge in [-0.1, -0.05) is 17.8 Å². The van der Waals surface area contributed by atoms with Crippen molar-refractivity contribution in [2.24, 2.45) is 5.73 Å². The highest BCUT2D eigenvalue weighted by molar-refractivity contribution is 7.18. The second kappa shape index (κ2) is 5.19. The summed E-state index contributed by atoms with van der Waals surface area (Å²) in [6.07, 6.45) is 6.36. The lowest BCUT2D eigenvalue weighted by Crippen LogP contribution is -1.98. The maximum absolute atomic E-state index is 5.45. The first-order valence-electron chi connectivity index (χ1n) is 5.30. The van der Waals surface area contributed by atoms with Gasteiger partial charge in [-0.2, -0.15) is 0 Å². The lowest BCUT2D eigenvalue weighted by molar-refractivity contribution is 0.685. The molecule has 2 N–H and O–H groups in total. The zero-order valence-electron chi connectivity index (χ0n) is 8.65. The van der Waals surface area contributed by atoms with Gasteiger partial charge >= 0.3 is 0 Å². The molecule has 4 heteroatoms. The molecule has 0 saturated heterocycles. The van der Waals surface area contributed by atoms with Gasteiger partial charge < -0.3 is 5.73 Å². The van der Waals surface area contributed by atoms with Gasteiger partial charge in [0.25, 0.3) is 0 Å². The summed E-state index contributed by atoms with van der Waals surface area (Å²) in [6, 6.07) is 3.95. The van der Waals surface area contributed by atoms with Gasteiger partial charge in [0.15, 0.2) is 0 Å². The Kier molecular flexibility index (Phi) is 3.64. The standard InChI is InChI=1S/C11H15N3S/c12-7-3-1-2-6-10-14-9-5-4-8-13-11(9)15-10/h4-5,8H,1-3,6-7,12H2. The number of unbranched alkanes of at least 4 members (excludes halogenated alkanes) is 2. The van der Waals surface area contributed by atoms with Crippen molar-refractivity contribution in [3.8, 4) is 0 Å². The predicted octanol–water partition coefficient (Wildman–Crippen LogP) is 2.36. The van der Waals surface area contributed by atoms with E-state index in [-0.39, 0.29) is 0 Å². The minimum absolute atomic E-state index is 0.793. The summed E-state index contributed by atoms with van der Waals surface area (Å²) < 4.78 is 0. The molecule has 2 rings (SSSR count). The average molecular weight is 221 g/mol. The van der Waals surface area contributed by atoms with E-state index in [1.807, 2.05) is 18.3 Å². The Hall–Kier alpha value is -1.00. The van der Waals surface area contributed by atoms with Crippen LogP contribution in [-0.4, -0.2) is 16.5 Å². The SMILES string of the molecule is NCCCCCc1nc2cccnc2s1. The van der Waals surface area contributed by atoms with Crippen LogP contribution in [0, 0.1) is 0 Å². The topological polar surface area (TPSA) is 51.8 Å². The van der Waals surface area contributed by atoms with Gasteiger partial charge in [0, 0.05) is 6.20 Å². The fraction of sp³-hybridized carbons (Fsp3) is 0.455. The lowest BCUT2D eigenvalue weighted by Gasteiger charge is -1.95. The summed E-state index contributed by atoms with van der Waals surface area (Å²) in [5.74, 6) is 0. The minimum atomic E-state index is 0.793. The number of nitrogens with two attached hydrogens (primary N) is 1. The third-order valence-electron chi connectivity index (χ3n) is 2.31. The van der Waals surface area contributed by atoms with Crippen LogP contribution in [0.25, 0.3) is 10.3 Å². The largest absolute Gasteiger partial charge is 0.330 e. The molecule has 2 heterocycles. The first kappa shape index (κ1) is 10.5. The number of thiazole rings is 1. The number of rotatable bonds is 5. The molecular formula is C11H15N3S. The summed E-state index contributed by atoms with van der Waals surface area (Å²) >= 11 is 1.70. The van der Waals surface area contributed by atoms with Crippen molar-refractivity contribution in [3.05, 3.63) is 23.3 Å². The van der Waals surface area contributed by atoms with Crippen LogP contribution in [0.5, 0.6) is 0 Å². The summed E-state index contributed by atoms with van der Waals surface area (Å²) in [5.41, 5.74) is 6.47. The molecule has 15 heavy (non-hydrogen) atoms. The van der Waals surface area contributed by atoms with Crippen LogP contribution >= 0.6 is 11.3 Å². The Morgan fingerprint density at radius 2 is 2.20 bits per heavy atom. The minimum Gasteiger partial charge on any atom is -0.330 e. The van der Waals surface area contributed by atoms with Crippen LogP contribution in [0.1, 0.15) is 24.3 Å². The van der Waals surface area contributed by atoms with E-state index in [2.05, 4.69) is 9.97 Å². The van der Waals surface area contributed by atoms with E-state index in [0.717, 1.165) is 29.7 Å². The number of aryl methyl sites for hydroxylation is 1. The van der Waals surface area contributed by atoms with Crippen LogP contribution in [0.4, 0.5) is 0 Å². The highest BCUT2D eigenvalue weighted by Gasteiger charge is 2.03. The molecule has 2 aromatic rings. The van der Waals surface area contributed by atoms with Crippen molar-refractivity contribution in [1.29, 1.82) is 0 Å². The maximum atomic E-state index is 5.45. The molecule has 0 spiro atoms. The first-order chi connectivity index (χ1) is 7.40. The van der Waals surface area contributed by atoms with E-state index in [1.54, 1.807) is 11.3 Å². The molecule has 0 unspecified atom stereocenters. The molecular weight excluding hydrogens is 206 g/mol. The zero-order valence-corrected chi connectivity index (χ0v) is 9.46. The van der Waals surface area contributed by atoms with Gasteiger partial charge in [-0.05, 0) is 37.9 Å². The Bertz CT molecular complexity index is 391. The summed E-state index contributed by atoms with van der Waals surface area (Å²) in [5, 5.41) is 1.20. The zero-order chi connectivity index (χ0) is 10.5. The van der Waals surface area contributed by atoms with E-state index in [1.165, 1.54) is 17.8 Å². The second-order valence-corrected chi connectivity index (χ2v) is 4.60. The van der Waals surface area contributed by atoms with Gasteiger partial charge in [0.2, 0.25) is 0 Å². The summed E-state index contributed by atoms with van der Waals surface area (Å²) in [7, 11) is 0. The van der Waals surface area contributed by atoms with Crippen molar-refractivity contribution in [2.45, 2.75) is 25.7 Å². The molecule has 0 fully saturated rings. The molecule has 80 valence electrons. The van der Waals surface area contributed by atoms with Crippen molar-refractivity contribution in [1.82, 2.24) is 9.97 Å². The van der Waals surface area contributed by atoms with Crippen molar-refractivity contribution < 1.29 is 0 Å². The van der Waals surface area contributed by atoms with Crippen molar-refractivity contribution in [3.63, 3.8) is 0 Å². The van der Waals surface area contributed by atoms with Gasteiger partial charge in [0.1, 0.15) is 10.3 Å². The van der Waals surface area contributed by atoms with E-state index in [9.17, 15) is 0 Å². The molecule has 0 aliphatic rings. The molecule has 3 nitrogen and oxygen atoms in total. The summed E-state index contributed by atoms with van der Waals surface area (Å²) in [4.78, 5) is 9.86. The van der Waals surface area contributed by atoms with E-state index in [4.69, 9.17) is 5.73 Å². The Labute approximate surface area is 93.4 Å².